The Bertz CT molecular complexity index is 361. The molecule has 0 spiro atoms. The molecule has 0 heterocycles. The van der Waals surface area contributed by atoms with Crippen LogP contribution in [0.2, 0.25) is 0 Å². The third-order valence-corrected chi connectivity index (χ3v) is 4.46. The summed E-state index contributed by atoms with van der Waals surface area (Å²) >= 11 is 0. The van der Waals surface area contributed by atoms with Gasteiger partial charge in [-0.15, -0.1) is 0 Å². The molecule has 1 aliphatic carbocycles. The molecule has 1 aromatic rings. The van der Waals surface area contributed by atoms with E-state index in [1.54, 1.807) is 5.56 Å². The molecule has 1 aromatic carbocycles. The van der Waals surface area contributed by atoms with Gasteiger partial charge in [0.05, 0.1) is 27.7 Å². The van der Waals surface area contributed by atoms with E-state index >= 15 is 0 Å². The van der Waals surface area contributed by atoms with Crippen molar-refractivity contribution >= 4 is 0 Å². The van der Waals surface area contributed by atoms with Crippen molar-refractivity contribution in [2.45, 2.75) is 43.9 Å². The molecule has 0 N–H and O–H groups in total. The second kappa shape index (κ2) is 7.07. The van der Waals surface area contributed by atoms with Crippen molar-refractivity contribution in [1.82, 2.24) is 0 Å². The zero-order valence-corrected chi connectivity index (χ0v) is 14.8. The maximum Gasteiger partial charge on any atom is 0.0789 e. The summed E-state index contributed by atoms with van der Waals surface area (Å²) in [6, 6.07) is 11.2. The van der Waals surface area contributed by atoms with E-state index in [1.165, 1.54) is 45.1 Å². The largest absolute Gasteiger partial charge is 1.00 e. The van der Waals surface area contributed by atoms with Crippen LogP contribution in [0.3, 0.4) is 0 Å². The molecule has 1 aliphatic rings. The molecule has 0 aliphatic heterocycles. The molecule has 2 heteroatoms. The monoisotopic (exact) mass is 373 g/mol. The lowest BCUT2D eigenvalue weighted by atomic mass is 9.67. The molecule has 0 aromatic heterocycles. The van der Waals surface area contributed by atoms with Crippen LogP contribution < -0.4 is 24.0 Å². The van der Waals surface area contributed by atoms with Gasteiger partial charge in [-0.3, -0.25) is 0 Å². The lowest BCUT2D eigenvalue weighted by Gasteiger charge is -2.40. The van der Waals surface area contributed by atoms with E-state index in [0.717, 1.165) is 4.48 Å². The van der Waals surface area contributed by atoms with Crippen LogP contribution >= 0.6 is 0 Å². The van der Waals surface area contributed by atoms with Gasteiger partial charge in [-0.2, -0.15) is 0 Å². The van der Waals surface area contributed by atoms with Crippen LogP contribution in [0.15, 0.2) is 30.3 Å². The van der Waals surface area contributed by atoms with E-state index in [-0.39, 0.29) is 24.0 Å². The van der Waals surface area contributed by atoms with Gasteiger partial charge in [-0.25, -0.2) is 0 Å². The number of hydrogen-bond donors (Lipinski definition) is 0. The first-order valence-corrected chi connectivity index (χ1v) is 7.38. The van der Waals surface area contributed by atoms with Gasteiger partial charge in [-0.1, -0.05) is 49.6 Å². The fraction of sp³-hybridized carbons (Fsp3) is 0.647. The first kappa shape index (κ1) is 17.0. The molecule has 1 nitrogen and oxygen atoms in total. The SMILES string of the molecule is C[N+](C)(C)CCC1(c2ccccc2)CCCCC1.[I-]. The van der Waals surface area contributed by atoms with E-state index in [9.17, 15) is 0 Å². The number of quaternary nitrogens is 1. The quantitative estimate of drug-likeness (QED) is 0.546. The van der Waals surface area contributed by atoms with Crippen molar-refractivity contribution in [2.24, 2.45) is 0 Å². The maximum atomic E-state index is 2.35. The van der Waals surface area contributed by atoms with Gasteiger partial charge in [0, 0.05) is 11.8 Å². The van der Waals surface area contributed by atoms with Crippen molar-refractivity contribution in [2.75, 3.05) is 27.7 Å². The first-order chi connectivity index (χ1) is 8.52. The molecule has 1 fully saturated rings. The van der Waals surface area contributed by atoms with Crippen LogP contribution in [-0.2, 0) is 5.41 Å². The Kier molecular flexibility index (Phi) is 6.31. The molecular formula is C17H28IN. The molecule has 0 radical (unpaired) electrons. The van der Waals surface area contributed by atoms with Crippen LogP contribution in [0, 0.1) is 0 Å². The summed E-state index contributed by atoms with van der Waals surface area (Å²) in [5.74, 6) is 0. The normalized spacial score (nSPS) is 18.7. The van der Waals surface area contributed by atoms with Gasteiger partial charge < -0.3 is 28.5 Å². The third-order valence-electron chi connectivity index (χ3n) is 4.46. The maximum absolute atomic E-state index is 2.35. The highest BCUT2D eigenvalue weighted by Gasteiger charge is 2.34. The summed E-state index contributed by atoms with van der Waals surface area (Å²) in [4.78, 5) is 0. The smallest absolute Gasteiger partial charge is 0.0789 e. The Balaban J connectivity index is 0.00000180. The van der Waals surface area contributed by atoms with Crippen molar-refractivity contribution in [1.29, 1.82) is 0 Å². The number of nitrogens with zero attached hydrogens (tertiary/aromatic N) is 1. The summed E-state index contributed by atoms with van der Waals surface area (Å²) in [5, 5.41) is 0. The second-order valence-corrected chi connectivity index (χ2v) is 6.97. The summed E-state index contributed by atoms with van der Waals surface area (Å²) in [5.41, 5.74) is 2.04. The molecule has 0 atom stereocenters. The minimum Gasteiger partial charge on any atom is -1.00 e. The Morgan fingerprint density at radius 1 is 0.947 bits per heavy atom. The molecule has 2 rings (SSSR count). The molecule has 0 unspecified atom stereocenters. The van der Waals surface area contributed by atoms with Gasteiger partial charge >= 0.3 is 0 Å². The molecule has 19 heavy (non-hydrogen) atoms. The molecule has 0 amide bonds. The Labute approximate surface area is 136 Å². The standard InChI is InChI=1S/C17H28N.HI/c1-18(2,3)15-14-17(12-8-5-9-13-17)16-10-6-4-7-11-16;/h4,6-7,10-11H,5,8-9,12-15H2,1-3H3;1H/q+1;/p-1. The van der Waals surface area contributed by atoms with E-state index < -0.39 is 0 Å². The van der Waals surface area contributed by atoms with Crippen LogP contribution in [0.25, 0.3) is 0 Å². The average Bonchev–Trinajstić information content (AvgIpc) is 2.38. The topological polar surface area (TPSA) is 0 Å². The highest BCUT2D eigenvalue weighted by Crippen LogP contribution is 2.42. The van der Waals surface area contributed by atoms with Crippen molar-refractivity contribution < 1.29 is 28.5 Å². The Morgan fingerprint density at radius 2 is 1.53 bits per heavy atom. The number of benzene rings is 1. The zero-order valence-electron chi connectivity index (χ0n) is 12.7. The molecular weight excluding hydrogens is 345 g/mol. The van der Waals surface area contributed by atoms with Gasteiger partial charge in [0.1, 0.15) is 0 Å². The van der Waals surface area contributed by atoms with Crippen LogP contribution in [0.4, 0.5) is 0 Å². The van der Waals surface area contributed by atoms with Crippen LogP contribution in [0.5, 0.6) is 0 Å². The summed E-state index contributed by atoms with van der Waals surface area (Å²) in [6.07, 6.45) is 8.35. The average molecular weight is 373 g/mol. The Hall–Kier alpha value is -0.0900. The van der Waals surface area contributed by atoms with E-state index in [4.69, 9.17) is 0 Å². The highest BCUT2D eigenvalue weighted by atomic mass is 127. The molecule has 0 saturated heterocycles. The molecule has 108 valence electrons. The van der Waals surface area contributed by atoms with Crippen LogP contribution in [0.1, 0.15) is 44.1 Å². The van der Waals surface area contributed by atoms with Crippen molar-refractivity contribution in [3.8, 4) is 0 Å². The van der Waals surface area contributed by atoms with Crippen LogP contribution in [-0.4, -0.2) is 32.2 Å². The Morgan fingerprint density at radius 3 is 2.05 bits per heavy atom. The fourth-order valence-electron chi connectivity index (χ4n) is 3.25. The van der Waals surface area contributed by atoms with Gasteiger partial charge in [-0.05, 0) is 18.4 Å². The third kappa shape index (κ3) is 4.75. The van der Waals surface area contributed by atoms with E-state index in [0.29, 0.717) is 5.41 Å². The number of rotatable bonds is 4. The fourth-order valence-corrected chi connectivity index (χ4v) is 3.25. The van der Waals surface area contributed by atoms with E-state index in [1.807, 2.05) is 0 Å². The number of hydrogen-bond acceptors (Lipinski definition) is 0. The molecule has 0 bridgehead atoms. The summed E-state index contributed by atoms with van der Waals surface area (Å²) in [7, 11) is 6.92. The number of halogens is 1. The lowest BCUT2D eigenvalue weighted by Crippen LogP contribution is -3.00. The van der Waals surface area contributed by atoms with E-state index in [2.05, 4.69) is 51.5 Å². The summed E-state index contributed by atoms with van der Waals surface area (Å²) in [6.45, 7) is 1.27. The van der Waals surface area contributed by atoms with Gasteiger partial charge in [0.25, 0.3) is 0 Å². The zero-order chi connectivity index (χ0) is 13.1. The van der Waals surface area contributed by atoms with Crippen molar-refractivity contribution in [3.63, 3.8) is 0 Å². The summed E-state index contributed by atoms with van der Waals surface area (Å²) < 4.78 is 1.08. The predicted octanol–water partition coefficient (Wildman–Crippen LogP) is 0.989. The second-order valence-electron chi connectivity index (χ2n) is 6.97. The van der Waals surface area contributed by atoms with Gasteiger partial charge in [0.2, 0.25) is 0 Å². The minimum atomic E-state index is 0. The lowest BCUT2D eigenvalue weighted by molar-refractivity contribution is -0.871. The molecule has 1 saturated carbocycles. The highest BCUT2D eigenvalue weighted by molar-refractivity contribution is 5.25. The minimum absolute atomic E-state index is 0. The first-order valence-electron chi connectivity index (χ1n) is 7.38. The van der Waals surface area contributed by atoms with Crippen molar-refractivity contribution in [3.05, 3.63) is 35.9 Å². The van der Waals surface area contributed by atoms with Gasteiger partial charge in [0.15, 0.2) is 0 Å². The predicted molar refractivity (Wildman–Crippen MR) is 78.7 cm³/mol.